The molecular formula is C18H17N3O2. The number of nitrogens with zero attached hydrogens (tertiary/aromatic N) is 3. The summed E-state index contributed by atoms with van der Waals surface area (Å²) >= 11 is 0. The number of aliphatic hydroxyl groups excluding tert-OH is 1. The van der Waals surface area contributed by atoms with Crippen LogP contribution in [0, 0.1) is 11.8 Å². The van der Waals surface area contributed by atoms with Crippen LogP contribution in [-0.4, -0.2) is 19.8 Å². The molecule has 0 saturated carbocycles. The summed E-state index contributed by atoms with van der Waals surface area (Å²) in [5, 5.41) is 13.1. The highest BCUT2D eigenvalue weighted by atomic mass is 16.5. The molecule has 5 heteroatoms. The largest absolute Gasteiger partial charge is 0.392 e. The first kappa shape index (κ1) is 15.1. The SMILES string of the molecule is CCc1nccn1Cc1cc(C#Cc2ccc(CO)cc2)on1. The number of hydrogen-bond acceptors (Lipinski definition) is 4. The lowest BCUT2D eigenvalue weighted by Crippen LogP contribution is -2.03. The molecule has 1 N–H and O–H groups in total. The molecule has 0 aliphatic carbocycles. The van der Waals surface area contributed by atoms with E-state index in [0.29, 0.717) is 12.3 Å². The number of aromatic nitrogens is 3. The van der Waals surface area contributed by atoms with Crippen molar-refractivity contribution in [3.05, 3.63) is 71.1 Å². The van der Waals surface area contributed by atoms with Crippen LogP contribution in [0.5, 0.6) is 0 Å². The van der Waals surface area contributed by atoms with Crippen LogP contribution in [0.2, 0.25) is 0 Å². The Morgan fingerprint density at radius 2 is 2.04 bits per heavy atom. The molecule has 0 amide bonds. The average molecular weight is 307 g/mol. The van der Waals surface area contributed by atoms with Gasteiger partial charge in [0.15, 0.2) is 0 Å². The van der Waals surface area contributed by atoms with E-state index < -0.39 is 0 Å². The van der Waals surface area contributed by atoms with E-state index in [4.69, 9.17) is 9.63 Å². The lowest BCUT2D eigenvalue weighted by molar-refractivity contribution is 0.282. The third kappa shape index (κ3) is 3.68. The zero-order valence-electron chi connectivity index (χ0n) is 12.9. The lowest BCUT2D eigenvalue weighted by Gasteiger charge is -2.02. The van der Waals surface area contributed by atoms with Crippen LogP contribution in [0.25, 0.3) is 0 Å². The van der Waals surface area contributed by atoms with Crippen LogP contribution >= 0.6 is 0 Å². The summed E-state index contributed by atoms with van der Waals surface area (Å²) < 4.78 is 7.30. The maximum Gasteiger partial charge on any atom is 0.210 e. The highest BCUT2D eigenvalue weighted by Gasteiger charge is 2.05. The minimum atomic E-state index is 0.0349. The fourth-order valence-electron chi connectivity index (χ4n) is 2.25. The van der Waals surface area contributed by atoms with Crippen molar-refractivity contribution in [2.24, 2.45) is 0 Å². The summed E-state index contributed by atoms with van der Waals surface area (Å²) in [5.41, 5.74) is 2.55. The first-order valence-electron chi connectivity index (χ1n) is 7.46. The summed E-state index contributed by atoms with van der Waals surface area (Å²) in [6.45, 7) is 2.73. The Morgan fingerprint density at radius 3 is 2.78 bits per heavy atom. The van der Waals surface area contributed by atoms with Gasteiger partial charge in [-0.25, -0.2) is 4.98 Å². The molecule has 0 unspecified atom stereocenters. The van der Waals surface area contributed by atoms with Gasteiger partial charge in [0.2, 0.25) is 5.76 Å². The van der Waals surface area contributed by atoms with Gasteiger partial charge in [-0.1, -0.05) is 30.1 Å². The molecule has 1 aromatic carbocycles. The number of aryl methyl sites for hydroxylation is 1. The van der Waals surface area contributed by atoms with Gasteiger partial charge in [0, 0.05) is 30.4 Å². The van der Waals surface area contributed by atoms with Crippen molar-refractivity contribution in [2.75, 3.05) is 0 Å². The molecule has 0 aliphatic heterocycles. The van der Waals surface area contributed by atoms with E-state index in [0.717, 1.165) is 29.1 Å². The van der Waals surface area contributed by atoms with E-state index in [1.54, 1.807) is 6.20 Å². The highest BCUT2D eigenvalue weighted by Crippen LogP contribution is 2.08. The van der Waals surface area contributed by atoms with Gasteiger partial charge >= 0.3 is 0 Å². The normalized spacial score (nSPS) is 10.3. The Hall–Kier alpha value is -2.84. The molecule has 23 heavy (non-hydrogen) atoms. The molecule has 3 aromatic rings. The van der Waals surface area contributed by atoms with E-state index in [9.17, 15) is 0 Å². The molecule has 0 radical (unpaired) electrons. The van der Waals surface area contributed by atoms with E-state index in [2.05, 4.69) is 28.9 Å². The van der Waals surface area contributed by atoms with E-state index in [-0.39, 0.29) is 6.61 Å². The molecule has 0 bridgehead atoms. The zero-order chi connectivity index (χ0) is 16.1. The molecule has 3 rings (SSSR count). The topological polar surface area (TPSA) is 64.1 Å². The predicted molar refractivity (Wildman–Crippen MR) is 85.6 cm³/mol. The fraction of sp³-hybridized carbons (Fsp3) is 0.222. The van der Waals surface area contributed by atoms with Crippen LogP contribution < -0.4 is 0 Å². The van der Waals surface area contributed by atoms with Crippen molar-refractivity contribution in [3.8, 4) is 11.8 Å². The van der Waals surface area contributed by atoms with Gasteiger partial charge in [-0.05, 0) is 23.6 Å². The van der Waals surface area contributed by atoms with E-state index in [1.165, 1.54) is 0 Å². The second-order valence-corrected chi connectivity index (χ2v) is 5.11. The van der Waals surface area contributed by atoms with Gasteiger partial charge in [-0.3, -0.25) is 0 Å². The third-order valence-electron chi connectivity index (χ3n) is 3.48. The summed E-state index contributed by atoms with van der Waals surface area (Å²) in [4.78, 5) is 4.29. The Balaban J connectivity index is 1.71. The van der Waals surface area contributed by atoms with E-state index in [1.807, 2.05) is 41.1 Å². The van der Waals surface area contributed by atoms with Crippen LogP contribution in [-0.2, 0) is 19.6 Å². The minimum absolute atomic E-state index is 0.0349. The maximum absolute atomic E-state index is 9.02. The Labute approximate surface area is 134 Å². The standard InChI is InChI=1S/C18H17N3O2/c1-2-18-19-9-10-21(18)12-16-11-17(23-20-16)8-7-14-3-5-15(13-22)6-4-14/h3-6,9-11,22H,2,12-13H2,1H3. The van der Waals surface area contributed by atoms with Crippen LogP contribution in [0.3, 0.4) is 0 Å². The van der Waals surface area contributed by atoms with Gasteiger partial charge in [-0.2, -0.15) is 0 Å². The molecule has 0 atom stereocenters. The van der Waals surface area contributed by atoms with Gasteiger partial charge in [0.25, 0.3) is 0 Å². The van der Waals surface area contributed by atoms with Crippen molar-refractivity contribution >= 4 is 0 Å². The number of rotatable bonds is 4. The van der Waals surface area contributed by atoms with Crippen molar-refractivity contribution < 1.29 is 9.63 Å². The molecule has 0 fully saturated rings. The van der Waals surface area contributed by atoms with Crippen LogP contribution in [0.4, 0.5) is 0 Å². The van der Waals surface area contributed by atoms with Gasteiger partial charge < -0.3 is 14.2 Å². The molecule has 5 nitrogen and oxygen atoms in total. The Kier molecular flexibility index (Phi) is 4.55. The molecule has 2 heterocycles. The number of aliphatic hydroxyl groups is 1. The zero-order valence-corrected chi connectivity index (χ0v) is 12.9. The molecule has 116 valence electrons. The fourth-order valence-corrected chi connectivity index (χ4v) is 2.25. The first-order chi connectivity index (χ1) is 11.3. The minimum Gasteiger partial charge on any atom is -0.392 e. The number of imidazole rings is 1. The number of benzene rings is 1. The quantitative estimate of drug-likeness (QED) is 0.752. The first-order valence-corrected chi connectivity index (χ1v) is 7.46. The smallest absolute Gasteiger partial charge is 0.210 e. The van der Waals surface area contributed by atoms with Gasteiger partial charge in [0.05, 0.1) is 13.2 Å². The Bertz CT molecular complexity index is 835. The van der Waals surface area contributed by atoms with E-state index >= 15 is 0 Å². The number of hydrogen-bond donors (Lipinski definition) is 1. The second kappa shape index (κ2) is 6.95. The molecular weight excluding hydrogens is 290 g/mol. The molecule has 0 saturated heterocycles. The van der Waals surface area contributed by atoms with Crippen molar-refractivity contribution in [3.63, 3.8) is 0 Å². The molecule has 0 aliphatic rings. The molecule has 0 spiro atoms. The summed E-state index contributed by atoms with van der Waals surface area (Å²) in [7, 11) is 0. The van der Waals surface area contributed by atoms with Crippen molar-refractivity contribution in [2.45, 2.75) is 26.5 Å². The Morgan fingerprint density at radius 1 is 1.22 bits per heavy atom. The predicted octanol–water partition coefficient (Wildman–Crippen LogP) is 2.37. The van der Waals surface area contributed by atoms with Gasteiger partial charge in [-0.15, -0.1) is 0 Å². The monoisotopic (exact) mass is 307 g/mol. The van der Waals surface area contributed by atoms with Crippen LogP contribution in [0.15, 0.2) is 47.2 Å². The lowest BCUT2D eigenvalue weighted by atomic mass is 10.1. The summed E-state index contributed by atoms with van der Waals surface area (Å²) in [6, 6.07) is 9.28. The average Bonchev–Trinajstić information content (AvgIpc) is 3.23. The molecule has 2 aromatic heterocycles. The maximum atomic E-state index is 9.02. The van der Waals surface area contributed by atoms with Crippen LogP contribution in [0.1, 0.15) is 35.3 Å². The highest BCUT2D eigenvalue weighted by molar-refractivity contribution is 5.40. The van der Waals surface area contributed by atoms with Crippen molar-refractivity contribution in [1.29, 1.82) is 0 Å². The second-order valence-electron chi connectivity index (χ2n) is 5.11. The van der Waals surface area contributed by atoms with Crippen molar-refractivity contribution in [1.82, 2.24) is 14.7 Å². The summed E-state index contributed by atoms with van der Waals surface area (Å²) in [6.07, 6.45) is 4.60. The third-order valence-corrected chi connectivity index (χ3v) is 3.48. The van der Waals surface area contributed by atoms with Gasteiger partial charge in [0.1, 0.15) is 11.5 Å². The summed E-state index contributed by atoms with van der Waals surface area (Å²) in [5.74, 6) is 7.53.